The molecule has 0 bridgehead atoms. The fraction of sp³-hybridized carbons (Fsp3) is 0.500. The van der Waals surface area contributed by atoms with E-state index in [9.17, 15) is 4.39 Å². The molecule has 3 N–H and O–H groups in total. The maximum absolute atomic E-state index is 13.6. The normalized spacial score (nSPS) is 21.7. The zero-order valence-electron chi connectivity index (χ0n) is 9.46. The number of ether oxygens (including phenoxy) is 1. The largest absolute Gasteiger partial charge is 0.381 e. The Hall–Kier alpha value is -0.680. The summed E-state index contributed by atoms with van der Waals surface area (Å²) in [5, 5.41) is 0.542. The molecule has 1 aliphatic heterocycles. The minimum atomic E-state index is -0.242. The molecule has 2 atom stereocenters. The van der Waals surface area contributed by atoms with Gasteiger partial charge in [0.1, 0.15) is 5.82 Å². The highest BCUT2D eigenvalue weighted by Crippen LogP contribution is 2.22. The number of hydrogen-bond donors (Lipinski definition) is 2. The van der Waals surface area contributed by atoms with E-state index >= 15 is 0 Å². The number of rotatable bonds is 4. The summed E-state index contributed by atoms with van der Waals surface area (Å²) < 4.78 is 18.9. The van der Waals surface area contributed by atoms with E-state index in [1.54, 1.807) is 12.1 Å². The Morgan fingerprint density at radius 1 is 1.59 bits per heavy atom. The van der Waals surface area contributed by atoms with Crippen LogP contribution in [-0.2, 0) is 11.2 Å². The smallest absolute Gasteiger partial charge is 0.126 e. The second-order valence-electron chi connectivity index (χ2n) is 4.34. The first-order valence-corrected chi connectivity index (χ1v) is 6.06. The summed E-state index contributed by atoms with van der Waals surface area (Å²) in [6.45, 7) is 1.43. The van der Waals surface area contributed by atoms with Crippen LogP contribution in [0.15, 0.2) is 18.2 Å². The summed E-state index contributed by atoms with van der Waals surface area (Å²) in [7, 11) is 0. The minimum Gasteiger partial charge on any atom is -0.381 e. The lowest BCUT2D eigenvalue weighted by atomic mass is 9.93. The van der Waals surface area contributed by atoms with Crippen LogP contribution < -0.4 is 11.3 Å². The maximum atomic E-state index is 13.6. The van der Waals surface area contributed by atoms with E-state index < -0.39 is 0 Å². The van der Waals surface area contributed by atoms with Gasteiger partial charge in [-0.3, -0.25) is 11.3 Å². The van der Waals surface area contributed by atoms with Crippen LogP contribution in [0.2, 0.25) is 5.02 Å². The molecule has 5 heteroatoms. The van der Waals surface area contributed by atoms with Crippen LogP contribution in [-0.4, -0.2) is 19.3 Å². The molecular formula is C12H16ClFN2O. The van der Waals surface area contributed by atoms with E-state index in [4.69, 9.17) is 22.2 Å². The number of nitrogens with two attached hydrogens (primary N) is 1. The van der Waals surface area contributed by atoms with Crippen LogP contribution in [0.1, 0.15) is 12.0 Å². The highest BCUT2D eigenvalue weighted by molar-refractivity contribution is 6.30. The standard InChI is InChI=1S/C12H16ClFN2O/c13-10-1-2-11(14)9(5-10)6-12(16-15)8-3-4-17-7-8/h1-2,5,8,12,16H,3-4,6-7,15H2. The topological polar surface area (TPSA) is 47.3 Å². The molecule has 17 heavy (non-hydrogen) atoms. The highest BCUT2D eigenvalue weighted by atomic mass is 35.5. The quantitative estimate of drug-likeness (QED) is 0.641. The Kier molecular flexibility index (Phi) is 4.34. The van der Waals surface area contributed by atoms with Crippen molar-refractivity contribution in [2.45, 2.75) is 18.9 Å². The molecule has 1 saturated heterocycles. The molecule has 1 heterocycles. The van der Waals surface area contributed by atoms with Gasteiger partial charge in [-0.05, 0) is 36.6 Å². The van der Waals surface area contributed by atoms with E-state index in [1.165, 1.54) is 6.07 Å². The summed E-state index contributed by atoms with van der Waals surface area (Å²) in [5.41, 5.74) is 3.34. The molecule has 0 saturated carbocycles. The predicted molar refractivity (Wildman–Crippen MR) is 65.2 cm³/mol. The third kappa shape index (κ3) is 3.16. The molecule has 3 nitrogen and oxygen atoms in total. The Morgan fingerprint density at radius 2 is 2.41 bits per heavy atom. The van der Waals surface area contributed by atoms with E-state index in [-0.39, 0.29) is 11.9 Å². The molecule has 0 aliphatic carbocycles. The van der Waals surface area contributed by atoms with Gasteiger partial charge in [-0.2, -0.15) is 0 Å². The van der Waals surface area contributed by atoms with Crippen molar-refractivity contribution < 1.29 is 9.13 Å². The summed E-state index contributed by atoms with van der Waals surface area (Å²) in [6, 6.07) is 4.60. The van der Waals surface area contributed by atoms with Gasteiger partial charge >= 0.3 is 0 Å². The van der Waals surface area contributed by atoms with E-state index in [0.717, 1.165) is 13.0 Å². The van der Waals surface area contributed by atoms with Crippen molar-refractivity contribution in [2.24, 2.45) is 11.8 Å². The predicted octanol–water partition coefficient (Wildman–Crippen LogP) is 1.89. The fourth-order valence-corrected chi connectivity index (χ4v) is 2.36. The average Bonchev–Trinajstić information content (AvgIpc) is 2.84. The Labute approximate surface area is 105 Å². The Bertz CT molecular complexity index is 383. The lowest BCUT2D eigenvalue weighted by molar-refractivity contribution is 0.176. The maximum Gasteiger partial charge on any atom is 0.126 e. The molecule has 0 amide bonds. The molecule has 0 radical (unpaired) electrons. The molecular weight excluding hydrogens is 243 g/mol. The van der Waals surface area contributed by atoms with E-state index in [0.29, 0.717) is 29.5 Å². The van der Waals surface area contributed by atoms with Crippen molar-refractivity contribution in [3.05, 3.63) is 34.6 Å². The van der Waals surface area contributed by atoms with Gasteiger partial charge in [0.25, 0.3) is 0 Å². The number of nitrogens with one attached hydrogen (secondary N) is 1. The zero-order chi connectivity index (χ0) is 12.3. The second kappa shape index (κ2) is 5.78. The lowest BCUT2D eigenvalue weighted by Gasteiger charge is -2.21. The van der Waals surface area contributed by atoms with Crippen molar-refractivity contribution in [2.75, 3.05) is 13.2 Å². The van der Waals surface area contributed by atoms with E-state index in [1.807, 2.05) is 0 Å². The van der Waals surface area contributed by atoms with Crippen LogP contribution in [0.4, 0.5) is 4.39 Å². The van der Waals surface area contributed by atoms with Gasteiger partial charge in [-0.15, -0.1) is 0 Å². The molecule has 2 unspecified atom stereocenters. The molecule has 0 spiro atoms. The molecule has 1 aromatic carbocycles. The number of benzene rings is 1. The lowest BCUT2D eigenvalue weighted by Crippen LogP contribution is -2.42. The molecule has 1 aromatic rings. The average molecular weight is 259 g/mol. The van der Waals surface area contributed by atoms with Crippen molar-refractivity contribution >= 4 is 11.6 Å². The van der Waals surface area contributed by atoms with Gasteiger partial charge in [0.15, 0.2) is 0 Å². The van der Waals surface area contributed by atoms with E-state index in [2.05, 4.69) is 5.43 Å². The first-order chi connectivity index (χ1) is 8.20. The number of halogens is 2. The molecule has 94 valence electrons. The van der Waals surface area contributed by atoms with Crippen LogP contribution in [0.5, 0.6) is 0 Å². The summed E-state index contributed by atoms with van der Waals surface area (Å²) in [6.07, 6.45) is 1.48. The van der Waals surface area contributed by atoms with Crippen molar-refractivity contribution in [1.29, 1.82) is 0 Å². The van der Waals surface area contributed by atoms with Crippen LogP contribution in [0.25, 0.3) is 0 Å². The fourth-order valence-electron chi connectivity index (χ4n) is 2.17. The molecule has 2 rings (SSSR count). The monoisotopic (exact) mass is 258 g/mol. The van der Waals surface area contributed by atoms with Crippen LogP contribution >= 0.6 is 11.6 Å². The summed E-state index contributed by atoms with van der Waals surface area (Å²) >= 11 is 5.86. The van der Waals surface area contributed by atoms with Gasteiger partial charge in [0.2, 0.25) is 0 Å². The van der Waals surface area contributed by atoms with Crippen LogP contribution in [0.3, 0.4) is 0 Å². The highest BCUT2D eigenvalue weighted by Gasteiger charge is 2.25. The van der Waals surface area contributed by atoms with Crippen molar-refractivity contribution in [1.82, 2.24) is 5.43 Å². The molecule has 0 aromatic heterocycles. The number of hydrogen-bond acceptors (Lipinski definition) is 3. The van der Waals surface area contributed by atoms with Crippen molar-refractivity contribution in [3.8, 4) is 0 Å². The van der Waals surface area contributed by atoms with Gasteiger partial charge in [-0.25, -0.2) is 4.39 Å². The van der Waals surface area contributed by atoms with Gasteiger partial charge in [-0.1, -0.05) is 11.6 Å². The first kappa shape index (κ1) is 12.8. The summed E-state index contributed by atoms with van der Waals surface area (Å²) in [4.78, 5) is 0. The van der Waals surface area contributed by atoms with Gasteiger partial charge in [0.05, 0.1) is 6.61 Å². The number of hydrazine groups is 1. The molecule has 1 aliphatic rings. The van der Waals surface area contributed by atoms with Crippen molar-refractivity contribution in [3.63, 3.8) is 0 Å². The zero-order valence-corrected chi connectivity index (χ0v) is 10.2. The first-order valence-electron chi connectivity index (χ1n) is 5.68. The van der Waals surface area contributed by atoms with Gasteiger partial charge in [0, 0.05) is 23.6 Å². The minimum absolute atomic E-state index is 0.0190. The SMILES string of the molecule is NNC(Cc1cc(Cl)ccc1F)C1CCOC1. The second-order valence-corrected chi connectivity index (χ2v) is 4.77. The molecule has 1 fully saturated rings. The third-order valence-corrected chi connectivity index (χ3v) is 3.43. The third-order valence-electron chi connectivity index (χ3n) is 3.20. The van der Waals surface area contributed by atoms with Gasteiger partial charge < -0.3 is 4.74 Å². The summed E-state index contributed by atoms with van der Waals surface area (Å²) in [5.74, 6) is 5.62. The Balaban J connectivity index is 2.09. The Morgan fingerprint density at radius 3 is 3.06 bits per heavy atom. The van der Waals surface area contributed by atoms with Crippen LogP contribution in [0, 0.1) is 11.7 Å².